The van der Waals surface area contributed by atoms with Crippen LogP contribution in [0.3, 0.4) is 0 Å². The van der Waals surface area contributed by atoms with E-state index in [9.17, 15) is 4.79 Å². The number of amides is 2. The maximum Gasteiger partial charge on any atom is 0.315 e. The molecule has 2 N–H and O–H groups in total. The van der Waals surface area contributed by atoms with E-state index in [-0.39, 0.29) is 12.1 Å². The van der Waals surface area contributed by atoms with Crippen LogP contribution in [0.25, 0.3) is 0 Å². The summed E-state index contributed by atoms with van der Waals surface area (Å²) >= 11 is 0. The van der Waals surface area contributed by atoms with Crippen molar-refractivity contribution in [3.8, 4) is 5.75 Å². The Hall–Kier alpha value is -2.47. The lowest BCUT2D eigenvalue weighted by atomic mass is 10.2. The molecule has 2 amide bonds. The Morgan fingerprint density at radius 3 is 2.56 bits per heavy atom. The molecule has 1 aromatic carbocycles. The number of rotatable bonds is 9. The monoisotopic (exact) mass is 345 g/mol. The normalized spacial score (nSPS) is 12.0. The van der Waals surface area contributed by atoms with Crippen LogP contribution in [0.2, 0.25) is 0 Å². The van der Waals surface area contributed by atoms with Gasteiger partial charge in [0, 0.05) is 13.1 Å². The van der Waals surface area contributed by atoms with E-state index in [2.05, 4.69) is 17.6 Å². The van der Waals surface area contributed by atoms with Gasteiger partial charge in [-0.05, 0) is 50.3 Å². The Bertz CT molecular complexity index is 624. The van der Waals surface area contributed by atoms with Crippen LogP contribution in [-0.2, 0) is 6.54 Å². The highest BCUT2D eigenvalue weighted by atomic mass is 16.5. The Kier molecular flexibility index (Phi) is 7.35. The second kappa shape index (κ2) is 9.74. The van der Waals surface area contributed by atoms with Crippen LogP contribution < -0.4 is 15.4 Å². The lowest BCUT2D eigenvalue weighted by Crippen LogP contribution is -2.40. The van der Waals surface area contributed by atoms with Crippen LogP contribution >= 0.6 is 0 Å². The second-order valence-corrected chi connectivity index (χ2v) is 6.05. The predicted octanol–water partition coefficient (Wildman–Crippen LogP) is 3.17. The third-order valence-electron chi connectivity index (χ3n) is 3.80. The Labute approximate surface area is 149 Å². The summed E-state index contributed by atoms with van der Waals surface area (Å²) in [6, 6.07) is 11.3. The molecule has 0 fully saturated rings. The zero-order chi connectivity index (χ0) is 18.1. The first-order valence-corrected chi connectivity index (χ1v) is 8.53. The summed E-state index contributed by atoms with van der Waals surface area (Å²) in [7, 11) is 3.91. The van der Waals surface area contributed by atoms with Crippen LogP contribution in [0.5, 0.6) is 5.75 Å². The third kappa shape index (κ3) is 6.15. The molecule has 2 aromatic rings. The van der Waals surface area contributed by atoms with E-state index in [1.54, 1.807) is 6.26 Å². The first-order valence-electron chi connectivity index (χ1n) is 8.53. The van der Waals surface area contributed by atoms with Crippen molar-refractivity contribution >= 4 is 6.03 Å². The van der Waals surface area contributed by atoms with Gasteiger partial charge in [0.2, 0.25) is 0 Å². The molecule has 0 radical (unpaired) electrons. The first kappa shape index (κ1) is 18.9. The van der Waals surface area contributed by atoms with Crippen LogP contribution in [0.15, 0.2) is 47.1 Å². The van der Waals surface area contributed by atoms with Gasteiger partial charge in [-0.15, -0.1) is 0 Å². The van der Waals surface area contributed by atoms with E-state index in [0.29, 0.717) is 19.7 Å². The zero-order valence-electron chi connectivity index (χ0n) is 15.1. The van der Waals surface area contributed by atoms with Crippen molar-refractivity contribution in [2.24, 2.45) is 0 Å². The molecule has 2 rings (SSSR count). The first-order chi connectivity index (χ1) is 12.1. The standard InChI is InChI=1S/C19H27N3O3/c1-4-11-24-16-9-7-15(8-10-16)13-20-19(23)21-14-17(22(2)3)18-6-5-12-25-18/h5-10,12,17H,4,11,13-14H2,1-3H3,(H2,20,21,23). The van der Waals surface area contributed by atoms with Gasteiger partial charge in [0.05, 0.1) is 18.9 Å². The van der Waals surface area contributed by atoms with E-state index in [0.717, 1.165) is 23.5 Å². The maximum absolute atomic E-state index is 12.0. The third-order valence-corrected chi connectivity index (χ3v) is 3.80. The number of likely N-dealkylation sites (N-methyl/N-ethyl adjacent to an activating group) is 1. The van der Waals surface area contributed by atoms with Gasteiger partial charge >= 0.3 is 6.03 Å². The van der Waals surface area contributed by atoms with Gasteiger partial charge in [-0.3, -0.25) is 4.90 Å². The minimum Gasteiger partial charge on any atom is -0.494 e. The summed E-state index contributed by atoms with van der Waals surface area (Å²) in [5, 5.41) is 5.75. The number of hydrogen-bond acceptors (Lipinski definition) is 4. The van der Waals surface area contributed by atoms with Crippen molar-refractivity contribution in [1.82, 2.24) is 15.5 Å². The van der Waals surface area contributed by atoms with E-state index >= 15 is 0 Å². The fraction of sp³-hybridized carbons (Fsp3) is 0.421. The van der Waals surface area contributed by atoms with Crippen LogP contribution in [0.4, 0.5) is 4.79 Å². The minimum absolute atomic E-state index is 0.00394. The van der Waals surface area contributed by atoms with Crippen LogP contribution in [0.1, 0.15) is 30.7 Å². The van der Waals surface area contributed by atoms with E-state index < -0.39 is 0 Å². The van der Waals surface area contributed by atoms with Crippen molar-refractivity contribution < 1.29 is 13.9 Å². The van der Waals surface area contributed by atoms with Gasteiger partial charge in [-0.2, -0.15) is 0 Å². The smallest absolute Gasteiger partial charge is 0.315 e. The largest absolute Gasteiger partial charge is 0.494 e. The van der Waals surface area contributed by atoms with Gasteiger partial charge in [0.1, 0.15) is 11.5 Å². The molecular formula is C19H27N3O3. The topological polar surface area (TPSA) is 66.7 Å². The van der Waals surface area contributed by atoms with Crippen molar-refractivity contribution in [1.29, 1.82) is 0 Å². The molecule has 25 heavy (non-hydrogen) atoms. The molecule has 0 aliphatic rings. The molecule has 1 unspecified atom stereocenters. The minimum atomic E-state index is -0.204. The van der Waals surface area contributed by atoms with E-state index in [1.807, 2.05) is 55.4 Å². The highest BCUT2D eigenvalue weighted by Crippen LogP contribution is 2.17. The quantitative estimate of drug-likeness (QED) is 0.732. The highest BCUT2D eigenvalue weighted by molar-refractivity contribution is 5.73. The number of nitrogens with one attached hydrogen (secondary N) is 2. The molecule has 0 saturated carbocycles. The van der Waals surface area contributed by atoms with Gasteiger partial charge in [0.15, 0.2) is 0 Å². The summed E-state index contributed by atoms with van der Waals surface area (Å²) < 4.78 is 11.0. The molecule has 0 aliphatic carbocycles. The van der Waals surface area contributed by atoms with Crippen molar-refractivity contribution in [2.75, 3.05) is 27.2 Å². The van der Waals surface area contributed by atoms with E-state index in [1.165, 1.54) is 0 Å². The predicted molar refractivity (Wildman–Crippen MR) is 97.6 cm³/mol. The SMILES string of the molecule is CCCOc1ccc(CNC(=O)NCC(c2ccco2)N(C)C)cc1. The van der Waals surface area contributed by atoms with Gasteiger partial charge < -0.3 is 19.8 Å². The summed E-state index contributed by atoms with van der Waals surface area (Å²) in [5.74, 6) is 1.68. The Morgan fingerprint density at radius 2 is 1.96 bits per heavy atom. The zero-order valence-corrected chi connectivity index (χ0v) is 15.1. The molecule has 6 nitrogen and oxygen atoms in total. The maximum atomic E-state index is 12.0. The Morgan fingerprint density at radius 1 is 1.20 bits per heavy atom. The summed E-state index contributed by atoms with van der Waals surface area (Å²) in [6.45, 7) is 3.72. The number of nitrogens with zero attached hydrogens (tertiary/aromatic N) is 1. The van der Waals surface area contributed by atoms with Crippen LogP contribution in [0, 0.1) is 0 Å². The number of ether oxygens (including phenoxy) is 1. The van der Waals surface area contributed by atoms with Crippen molar-refractivity contribution in [3.63, 3.8) is 0 Å². The molecule has 1 atom stereocenters. The number of carbonyl (C=O) groups is 1. The molecular weight excluding hydrogens is 318 g/mol. The lowest BCUT2D eigenvalue weighted by Gasteiger charge is -2.22. The van der Waals surface area contributed by atoms with Crippen molar-refractivity contribution in [3.05, 3.63) is 54.0 Å². The summed E-state index contributed by atoms with van der Waals surface area (Å²) in [6.07, 6.45) is 2.62. The number of hydrogen-bond donors (Lipinski definition) is 2. The molecule has 0 aliphatic heterocycles. The van der Waals surface area contributed by atoms with Gasteiger partial charge in [-0.1, -0.05) is 19.1 Å². The molecule has 1 heterocycles. The number of furan rings is 1. The summed E-state index contributed by atoms with van der Waals surface area (Å²) in [5.41, 5.74) is 1.02. The Balaban J connectivity index is 1.76. The molecule has 136 valence electrons. The molecule has 6 heteroatoms. The van der Waals surface area contributed by atoms with Crippen molar-refractivity contribution in [2.45, 2.75) is 25.9 Å². The highest BCUT2D eigenvalue weighted by Gasteiger charge is 2.17. The average Bonchev–Trinajstić information content (AvgIpc) is 3.13. The van der Waals surface area contributed by atoms with Gasteiger partial charge in [0.25, 0.3) is 0 Å². The molecule has 1 aromatic heterocycles. The lowest BCUT2D eigenvalue weighted by molar-refractivity contribution is 0.225. The molecule has 0 spiro atoms. The molecule has 0 bridgehead atoms. The average molecular weight is 345 g/mol. The van der Waals surface area contributed by atoms with E-state index in [4.69, 9.17) is 9.15 Å². The number of urea groups is 1. The fourth-order valence-corrected chi connectivity index (χ4v) is 2.38. The second-order valence-electron chi connectivity index (χ2n) is 6.05. The fourth-order valence-electron chi connectivity index (χ4n) is 2.38. The number of benzene rings is 1. The molecule has 0 saturated heterocycles. The van der Waals surface area contributed by atoms with Crippen LogP contribution in [-0.4, -0.2) is 38.2 Å². The summed E-state index contributed by atoms with van der Waals surface area (Å²) in [4.78, 5) is 14.0. The van der Waals surface area contributed by atoms with Gasteiger partial charge in [-0.25, -0.2) is 4.79 Å². The number of carbonyl (C=O) groups excluding carboxylic acids is 1.